The Morgan fingerprint density at radius 1 is 1.47 bits per heavy atom. The molecular weight excluding hydrogens is 222 g/mol. The second-order valence-electron chi connectivity index (χ2n) is 5.43. The van der Waals surface area contributed by atoms with Crippen molar-refractivity contribution in [1.29, 1.82) is 0 Å². The van der Waals surface area contributed by atoms with E-state index in [1.807, 2.05) is 6.92 Å². The Morgan fingerprint density at radius 3 is 2.53 bits per heavy atom. The van der Waals surface area contributed by atoms with Crippen LogP contribution in [0.2, 0.25) is 0 Å². The number of ether oxygens (including phenoxy) is 2. The molecule has 2 atom stereocenters. The van der Waals surface area contributed by atoms with Crippen molar-refractivity contribution in [3.63, 3.8) is 0 Å². The summed E-state index contributed by atoms with van der Waals surface area (Å²) in [5.74, 6) is -0.330. The van der Waals surface area contributed by atoms with Gasteiger partial charge in [-0.3, -0.25) is 4.79 Å². The lowest BCUT2D eigenvalue weighted by Crippen LogP contribution is -2.44. The van der Waals surface area contributed by atoms with Gasteiger partial charge < -0.3 is 9.47 Å². The van der Waals surface area contributed by atoms with Crippen LogP contribution in [0.15, 0.2) is 0 Å². The quantitative estimate of drug-likeness (QED) is 0.742. The molecule has 1 heterocycles. The summed E-state index contributed by atoms with van der Waals surface area (Å²) in [7, 11) is 1.56. The maximum Gasteiger partial charge on any atom is 0.417 e. The van der Waals surface area contributed by atoms with E-state index in [4.69, 9.17) is 9.47 Å². The lowest BCUT2D eigenvalue weighted by atomic mass is 10.1. The molecule has 5 nitrogen and oxygen atoms in total. The number of likely N-dealkylation sites (tertiary alicyclic amines) is 1. The van der Waals surface area contributed by atoms with Gasteiger partial charge in [0.05, 0.1) is 12.6 Å². The minimum atomic E-state index is -0.596. The van der Waals surface area contributed by atoms with Crippen LogP contribution in [-0.2, 0) is 14.3 Å². The first-order chi connectivity index (χ1) is 7.76. The van der Waals surface area contributed by atoms with Crippen LogP contribution in [0.3, 0.4) is 0 Å². The smallest absolute Gasteiger partial charge is 0.417 e. The van der Waals surface area contributed by atoms with Crippen LogP contribution in [0.4, 0.5) is 4.79 Å². The van der Waals surface area contributed by atoms with Gasteiger partial charge in [-0.2, -0.15) is 0 Å². The van der Waals surface area contributed by atoms with Crippen LogP contribution >= 0.6 is 0 Å². The van der Waals surface area contributed by atoms with Crippen molar-refractivity contribution in [3.05, 3.63) is 0 Å². The van der Waals surface area contributed by atoms with Crippen molar-refractivity contribution < 1.29 is 19.1 Å². The normalized spacial score (nSPS) is 25.2. The molecule has 0 spiro atoms. The molecule has 17 heavy (non-hydrogen) atoms. The summed E-state index contributed by atoms with van der Waals surface area (Å²) >= 11 is 0. The summed E-state index contributed by atoms with van der Waals surface area (Å²) in [4.78, 5) is 25.0. The summed E-state index contributed by atoms with van der Waals surface area (Å²) < 4.78 is 10.3. The topological polar surface area (TPSA) is 55.8 Å². The Morgan fingerprint density at radius 2 is 2.06 bits per heavy atom. The van der Waals surface area contributed by atoms with E-state index in [0.717, 1.165) is 0 Å². The molecule has 0 aliphatic carbocycles. The highest BCUT2D eigenvalue weighted by Crippen LogP contribution is 2.26. The third-order valence-corrected chi connectivity index (χ3v) is 2.60. The SMILES string of the molecule is COCC1CC(C)C(=O)N1C(=O)OC(C)(C)C. The van der Waals surface area contributed by atoms with Gasteiger partial charge in [0.25, 0.3) is 0 Å². The van der Waals surface area contributed by atoms with Crippen LogP contribution < -0.4 is 0 Å². The molecule has 2 unspecified atom stereocenters. The van der Waals surface area contributed by atoms with E-state index in [0.29, 0.717) is 13.0 Å². The number of amides is 2. The molecule has 1 rings (SSSR count). The predicted octanol–water partition coefficient (Wildman–Crippen LogP) is 1.80. The summed E-state index contributed by atoms with van der Waals surface area (Å²) in [6.07, 6.45) is 0.0558. The minimum Gasteiger partial charge on any atom is -0.443 e. The summed E-state index contributed by atoms with van der Waals surface area (Å²) in [6, 6.07) is -0.211. The molecule has 0 aromatic heterocycles. The number of imide groups is 1. The van der Waals surface area contributed by atoms with E-state index in [2.05, 4.69) is 0 Å². The lowest BCUT2D eigenvalue weighted by Gasteiger charge is -2.26. The molecule has 1 aliphatic rings. The zero-order chi connectivity index (χ0) is 13.2. The molecule has 1 fully saturated rings. The molecule has 0 radical (unpaired) electrons. The number of carbonyl (C=O) groups is 2. The highest BCUT2D eigenvalue weighted by atomic mass is 16.6. The van der Waals surface area contributed by atoms with E-state index in [9.17, 15) is 9.59 Å². The minimum absolute atomic E-state index is 0.150. The monoisotopic (exact) mass is 243 g/mol. The standard InChI is InChI=1S/C12H21NO4/c1-8-6-9(7-16-5)13(10(8)14)11(15)17-12(2,3)4/h8-9H,6-7H2,1-5H3. The number of methoxy groups -OCH3 is 1. The molecule has 1 aliphatic heterocycles. The van der Waals surface area contributed by atoms with Crippen LogP contribution in [0.1, 0.15) is 34.1 Å². The number of carbonyl (C=O) groups excluding carboxylic acids is 2. The Bertz CT molecular complexity index is 308. The fourth-order valence-corrected chi connectivity index (χ4v) is 1.92. The Balaban J connectivity index is 2.77. The summed E-state index contributed by atoms with van der Waals surface area (Å²) in [5, 5.41) is 0. The predicted molar refractivity (Wildman–Crippen MR) is 62.5 cm³/mol. The van der Waals surface area contributed by atoms with Gasteiger partial charge in [0.1, 0.15) is 5.60 Å². The zero-order valence-electron chi connectivity index (χ0n) is 11.1. The molecule has 98 valence electrons. The third kappa shape index (κ3) is 3.43. The first-order valence-corrected chi connectivity index (χ1v) is 5.81. The molecule has 0 aromatic carbocycles. The van der Waals surface area contributed by atoms with Gasteiger partial charge in [0.2, 0.25) is 5.91 Å². The molecular formula is C12H21NO4. The molecule has 5 heteroatoms. The number of nitrogens with zero attached hydrogens (tertiary/aromatic N) is 1. The molecule has 0 saturated carbocycles. The van der Waals surface area contributed by atoms with E-state index < -0.39 is 11.7 Å². The first-order valence-electron chi connectivity index (χ1n) is 5.81. The largest absolute Gasteiger partial charge is 0.443 e. The van der Waals surface area contributed by atoms with Gasteiger partial charge in [0, 0.05) is 13.0 Å². The van der Waals surface area contributed by atoms with Gasteiger partial charge >= 0.3 is 6.09 Å². The molecule has 2 amide bonds. The van der Waals surface area contributed by atoms with E-state index in [-0.39, 0.29) is 17.9 Å². The maximum atomic E-state index is 11.9. The van der Waals surface area contributed by atoms with Crippen LogP contribution in [-0.4, -0.2) is 42.3 Å². The van der Waals surface area contributed by atoms with Crippen molar-refractivity contribution in [1.82, 2.24) is 4.90 Å². The second-order valence-corrected chi connectivity index (χ2v) is 5.43. The Hall–Kier alpha value is -1.10. The van der Waals surface area contributed by atoms with Crippen LogP contribution in [0.25, 0.3) is 0 Å². The Labute approximate surface area is 102 Å². The van der Waals surface area contributed by atoms with Gasteiger partial charge in [0.15, 0.2) is 0 Å². The fourth-order valence-electron chi connectivity index (χ4n) is 1.92. The highest BCUT2D eigenvalue weighted by molar-refractivity contribution is 5.95. The van der Waals surface area contributed by atoms with Crippen LogP contribution in [0.5, 0.6) is 0 Å². The number of hydrogen-bond donors (Lipinski definition) is 0. The van der Waals surface area contributed by atoms with Crippen molar-refractivity contribution in [2.24, 2.45) is 5.92 Å². The summed E-state index contributed by atoms with van der Waals surface area (Å²) in [5.41, 5.74) is -0.596. The maximum absolute atomic E-state index is 11.9. The van der Waals surface area contributed by atoms with Gasteiger partial charge in [-0.15, -0.1) is 0 Å². The first kappa shape index (κ1) is 14.0. The molecule has 0 aromatic rings. The summed E-state index contributed by atoms with van der Waals surface area (Å²) in [6.45, 7) is 7.51. The number of rotatable bonds is 2. The second kappa shape index (κ2) is 5.04. The van der Waals surface area contributed by atoms with Crippen LogP contribution in [0, 0.1) is 5.92 Å². The van der Waals surface area contributed by atoms with Gasteiger partial charge in [-0.05, 0) is 27.2 Å². The average Bonchev–Trinajstić information content (AvgIpc) is 2.40. The fraction of sp³-hybridized carbons (Fsp3) is 0.833. The lowest BCUT2D eigenvalue weighted by molar-refractivity contribution is -0.131. The van der Waals surface area contributed by atoms with Gasteiger partial charge in [-0.1, -0.05) is 6.92 Å². The van der Waals surface area contributed by atoms with Crippen molar-refractivity contribution >= 4 is 12.0 Å². The van der Waals surface area contributed by atoms with Gasteiger partial charge in [-0.25, -0.2) is 9.69 Å². The molecule has 0 N–H and O–H groups in total. The van der Waals surface area contributed by atoms with E-state index >= 15 is 0 Å². The third-order valence-electron chi connectivity index (χ3n) is 2.60. The van der Waals surface area contributed by atoms with E-state index in [1.54, 1.807) is 27.9 Å². The highest BCUT2D eigenvalue weighted by Gasteiger charge is 2.42. The zero-order valence-corrected chi connectivity index (χ0v) is 11.1. The number of hydrogen-bond acceptors (Lipinski definition) is 4. The molecule has 1 saturated heterocycles. The Kier molecular flexibility index (Phi) is 4.14. The molecule has 0 bridgehead atoms. The van der Waals surface area contributed by atoms with Crippen molar-refractivity contribution in [3.8, 4) is 0 Å². The van der Waals surface area contributed by atoms with Crippen molar-refractivity contribution in [2.45, 2.75) is 45.8 Å². The average molecular weight is 243 g/mol. The van der Waals surface area contributed by atoms with E-state index in [1.165, 1.54) is 4.90 Å². The van der Waals surface area contributed by atoms with Crippen molar-refractivity contribution in [2.75, 3.05) is 13.7 Å².